The predicted octanol–water partition coefficient (Wildman–Crippen LogP) is 2.35. The largest absolute Gasteiger partial charge is 0.481 e. The Balaban J connectivity index is 1.90. The van der Waals surface area contributed by atoms with E-state index < -0.39 is 11.9 Å². The van der Waals surface area contributed by atoms with Crippen molar-refractivity contribution >= 4 is 23.6 Å². The molecule has 1 fully saturated rings. The van der Waals surface area contributed by atoms with E-state index in [4.69, 9.17) is 5.11 Å². The van der Waals surface area contributed by atoms with Gasteiger partial charge in [-0.3, -0.25) is 9.59 Å². The highest BCUT2D eigenvalue weighted by atomic mass is 32.2. The van der Waals surface area contributed by atoms with Crippen LogP contribution in [0.15, 0.2) is 35.2 Å². The molecule has 1 aliphatic heterocycles. The van der Waals surface area contributed by atoms with Gasteiger partial charge in [0.05, 0.1) is 11.7 Å². The monoisotopic (exact) mass is 293 g/mol. The third kappa shape index (κ3) is 4.00. The van der Waals surface area contributed by atoms with Crippen LogP contribution in [0.25, 0.3) is 0 Å². The topological polar surface area (TPSA) is 57.6 Å². The average Bonchev–Trinajstić information content (AvgIpc) is 2.45. The lowest BCUT2D eigenvalue weighted by Gasteiger charge is -2.34. The second kappa shape index (κ2) is 6.79. The molecular formula is C15H19NO3S. The first-order chi connectivity index (χ1) is 9.56. The number of carboxylic acids is 1. The van der Waals surface area contributed by atoms with Crippen LogP contribution in [0.5, 0.6) is 0 Å². The second-order valence-corrected chi connectivity index (χ2v) is 6.33. The van der Waals surface area contributed by atoms with Gasteiger partial charge in [0.15, 0.2) is 0 Å². The number of rotatable bonds is 4. The van der Waals surface area contributed by atoms with Crippen LogP contribution in [0, 0.1) is 11.8 Å². The molecule has 20 heavy (non-hydrogen) atoms. The van der Waals surface area contributed by atoms with Gasteiger partial charge in [-0.05, 0) is 24.5 Å². The maximum atomic E-state index is 12.2. The fourth-order valence-electron chi connectivity index (χ4n) is 2.49. The highest BCUT2D eigenvalue weighted by Gasteiger charge is 2.31. The zero-order valence-corrected chi connectivity index (χ0v) is 12.3. The summed E-state index contributed by atoms with van der Waals surface area (Å²) in [6.45, 7) is 3.01. The molecule has 0 radical (unpaired) electrons. The number of carbonyl (C=O) groups is 2. The van der Waals surface area contributed by atoms with Crippen LogP contribution in [0.1, 0.15) is 13.3 Å². The molecule has 108 valence electrons. The quantitative estimate of drug-likeness (QED) is 0.866. The molecule has 4 nitrogen and oxygen atoms in total. The molecule has 1 heterocycles. The molecule has 1 N–H and O–H groups in total. The summed E-state index contributed by atoms with van der Waals surface area (Å²) in [7, 11) is 0. The van der Waals surface area contributed by atoms with Crippen LogP contribution in [-0.4, -0.2) is 40.7 Å². The number of likely N-dealkylation sites (tertiary alicyclic amines) is 1. The van der Waals surface area contributed by atoms with Crippen LogP contribution < -0.4 is 0 Å². The third-order valence-corrected chi connectivity index (χ3v) is 4.46. The minimum absolute atomic E-state index is 0.0247. The molecule has 2 rings (SSSR count). The van der Waals surface area contributed by atoms with Gasteiger partial charge < -0.3 is 10.0 Å². The summed E-state index contributed by atoms with van der Waals surface area (Å²) in [4.78, 5) is 26.1. The molecule has 2 atom stereocenters. The van der Waals surface area contributed by atoms with E-state index in [0.29, 0.717) is 25.3 Å². The molecule has 1 aromatic carbocycles. The summed E-state index contributed by atoms with van der Waals surface area (Å²) in [5.41, 5.74) is 0. The van der Waals surface area contributed by atoms with Gasteiger partial charge in [-0.25, -0.2) is 0 Å². The molecule has 2 unspecified atom stereocenters. The van der Waals surface area contributed by atoms with Gasteiger partial charge in [0, 0.05) is 18.0 Å². The number of benzene rings is 1. The van der Waals surface area contributed by atoms with Gasteiger partial charge in [-0.15, -0.1) is 11.8 Å². The van der Waals surface area contributed by atoms with E-state index in [1.165, 1.54) is 11.8 Å². The van der Waals surface area contributed by atoms with Gasteiger partial charge in [-0.2, -0.15) is 0 Å². The van der Waals surface area contributed by atoms with E-state index in [0.717, 1.165) is 4.90 Å². The Labute approximate surface area is 123 Å². The fraction of sp³-hybridized carbons (Fsp3) is 0.467. The van der Waals surface area contributed by atoms with E-state index in [1.54, 1.807) is 4.90 Å². The third-order valence-electron chi connectivity index (χ3n) is 3.47. The molecule has 0 aliphatic carbocycles. The molecular weight excluding hydrogens is 274 g/mol. The van der Waals surface area contributed by atoms with Crippen molar-refractivity contribution in [3.63, 3.8) is 0 Å². The fourth-order valence-corrected chi connectivity index (χ4v) is 3.31. The van der Waals surface area contributed by atoms with Crippen molar-refractivity contribution in [2.45, 2.75) is 18.2 Å². The lowest BCUT2D eigenvalue weighted by molar-refractivity contribution is -0.146. The molecule has 0 bridgehead atoms. The maximum absolute atomic E-state index is 12.2. The zero-order chi connectivity index (χ0) is 14.5. The van der Waals surface area contributed by atoms with E-state index >= 15 is 0 Å². The molecule has 1 saturated heterocycles. The van der Waals surface area contributed by atoms with Gasteiger partial charge in [-0.1, -0.05) is 25.1 Å². The summed E-state index contributed by atoms with van der Waals surface area (Å²) in [5.74, 6) is -0.593. The van der Waals surface area contributed by atoms with Crippen molar-refractivity contribution < 1.29 is 14.7 Å². The first kappa shape index (κ1) is 14.9. The summed E-state index contributed by atoms with van der Waals surface area (Å²) in [5, 5.41) is 9.12. The van der Waals surface area contributed by atoms with Crippen LogP contribution >= 0.6 is 11.8 Å². The zero-order valence-electron chi connectivity index (χ0n) is 11.5. The molecule has 0 aromatic heterocycles. The predicted molar refractivity (Wildman–Crippen MR) is 78.7 cm³/mol. The smallest absolute Gasteiger partial charge is 0.308 e. The molecule has 1 amide bonds. The standard InChI is InChI=1S/C15H19NO3S/c1-11-7-12(15(18)19)9-16(8-11)14(17)10-20-13-5-3-2-4-6-13/h2-6,11-12H,7-10H2,1H3,(H,18,19). The normalized spacial score (nSPS) is 22.6. The second-order valence-electron chi connectivity index (χ2n) is 5.28. The molecule has 1 aliphatic rings. The number of thioether (sulfide) groups is 1. The number of hydrogen-bond donors (Lipinski definition) is 1. The Bertz CT molecular complexity index is 477. The van der Waals surface area contributed by atoms with Gasteiger partial charge >= 0.3 is 5.97 Å². The number of carbonyl (C=O) groups excluding carboxylic acids is 1. The number of amides is 1. The van der Waals surface area contributed by atoms with Crippen molar-refractivity contribution in [3.05, 3.63) is 30.3 Å². The Hall–Kier alpha value is -1.49. The van der Waals surface area contributed by atoms with Crippen LogP contribution in [-0.2, 0) is 9.59 Å². The van der Waals surface area contributed by atoms with Crippen LogP contribution in [0.2, 0.25) is 0 Å². The Morgan fingerprint density at radius 2 is 2.00 bits per heavy atom. The van der Waals surface area contributed by atoms with E-state index in [1.807, 2.05) is 37.3 Å². The molecule has 5 heteroatoms. The number of hydrogen-bond acceptors (Lipinski definition) is 3. The minimum atomic E-state index is -0.801. The van der Waals surface area contributed by atoms with Crippen LogP contribution in [0.4, 0.5) is 0 Å². The minimum Gasteiger partial charge on any atom is -0.481 e. The number of nitrogens with zero attached hydrogens (tertiary/aromatic N) is 1. The van der Waals surface area contributed by atoms with Crippen molar-refractivity contribution in [2.24, 2.45) is 11.8 Å². The number of piperidine rings is 1. The van der Waals surface area contributed by atoms with E-state index in [2.05, 4.69) is 0 Å². The number of carboxylic acid groups (broad SMARTS) is 1. The van der Waals surface area contributed by atoms with Gasteiger partial charge in [0.25, 0.3) is 0 Å². The highest BCUT2D eigenvalue weighted by Crippen LogP contribution is 2.24. The van der Waals surface area contributed by atoms with E-state index in [-0.39, 0.29) is 11.8 Å². The summed E-state index contributed by atoms with van der Waals surface area (Å²) >= 11 is 1.49. The first-order valence-electron chi connectivity index (χ1n) is 6.74. The summed E-state index contributed by atoms with van der Waals surface area (Å²) in [6, 6.07) is 9.76. The average molecular weight is 293 g/mol. The molecule has 1 aromatic rings. The van der Waals surface area contributed by atoms with Crippen molar-refractivity contribution in [2.75, 3.05) is 18.8 Å². The lowest BCUT2D eigenvalue weighted by atomic mass is 9.90. The lowest BCUT2D eigenvalue weighted by Crippen LogP contribution is -2.46. The van der Waals surface area contributed by atoms with Crippen molar-refractivity contribution in [3.8, 4) is 0 Å². The summed E-state index contributed by atoms with van der Waals surface area (Å²) in [6.07, 6.45) is 0.658. The summed E-state index contributed by atoms with van der Waals surface area (Å²) < 4.78 is 0. The van der Waals surface area contributed by atoms with Gasteiger partial charge in [0.2, 0.25) is 5.91 Å². The highest BCUT2D eigenvalue weighted by molar-refractivity contribution is 8.00. The number of aliphatic carboxylic acids is 1. The first-order valence-corrected chi connectivity index (χ1v) is 7.73. The molecule has 0 spiro atoms. The van der Waals surface area contributed by atoms with Gasteiger partial charge in [0.1, 0.15) is 0 Å². The molecule has 0 saturated carbocycles. The Morgan fingerprint density at radius 3 is 2.65 bits per heavy atom. The van der Waals surface area contributed by atoms with Crippen molar-refractivity contribution in [1.82, 2.24) is 4.90 Å². The Kier molecular flexibility index (Phi) is 5.06. The SMILES string of the molecule is CC1CC(C(=O)O)CN(C(=O)CSc2ccccc2)C1. The Morgan fingerprint density at radius 1 is 1.30 bits per heavy atom. The van der Waals surface area contributed by atoms with Crippen LogP contribution in [0.3, 0.4) is 0 Å². The van der Waals surface area contributed by atoms with E-state index in [9.17, 15) is 9.59 Å². The van der Waals surface area contributed by atoms with Crippen molar-refractivity contribution in [1.29, 1.82) is 0 Å². The maximum Gasteiger partial charge on any atom is 0.308 e.